The molecule has 39 heavy (non-hydrogen) atoms. The molecule has 6 rings (SSSR count). The quantitative estimate of drug-likeness (QED) is 0.192. The van der Waals surface area contributed by atoms with E-state index in [1.165, 1.54) is 27.1 Å². The molecule has 0 aromatic heterocycles. The van der Waals surface area contributed by atoms with Gasteiger partial charge in [-0.2, -0.15) is 0 Å². The summed E-state index contributed by atoms with van der Waals surface area (Å²) in [7, 11) is -0.615. The van der Waals surface area contributed by atoms with Crippen LogP contribution >= 0.6 is 7.92 Å². The van der Waals surface area contributed by atoms with Gasteiger partial charge in [-0.15, -0.1) is 0 Å². The number of ether oxygens (including phenoxy) is 2. The van der Waals surface area contributed by atoms with Gasteiger partial charge in [-0.05, 0) is 56.0 Å². The van der Waals surface area contributed by atoms with Crippen molar-refractivity contribution >= 4 is 40.7 Å². The van der Waals surface area contributed by atoms with Gasteiger partial charge < -0.3 is 14.4 Å². The van der Waals surface area contributed by atoms with Crippen molar-refractivity contribution in [3.8, 4) is 0 Å². The maximum Gasteiger partial charge on any atom is 0.163 e. The molecule has 0 spiro atoms. The number of para-hydroxylation sites is 1. The molecular formula is C35H34NO2P. The van der Waals surface area contributed by atoms with E-state index in [9.17, 15) is 0 Å². The van der Waals surface area contributed by atoms with Gasteiger partial charge >= 0.3 is 0 Å². The Labute approximate surface area is 232 Å². The molecule has 1 fully saturated rings. The Kier molecular flexibility index (Phi) is 7.48. The molecule has 4 heteroatoms. The van der Waals surface area contributed by atoms with E-state index in [2.05, 4.69) is 138 Å². The van der Waals surface area contributed by atoms with Crippen LogP contribution in [0.2, 0.25) is 0 Å². The van der Waals surface area contributed by atoms with Crippen LogP contribution in [-0.4, -0.2) is 30.7 Å². The van der Waals surface area contributed by atoms with Crippen molar-refractivity contribution in [3.63, 3.8) is 0 Å². The second-order valence-corrected chi connectivity index (χ2v) is 12.7. The van der Waals surface area contributed by atoms with Gasteiger partial charge in [0.25, 0.3) is 0 Å². The van der Waals surface area contributed by atoms with Gasteiger partial charge in [0.1, 0.15) is 6.10 Å². The minimum Gasteiger partial charge on any atom is -0.344 e. The second-order valence-electron chi connectivity index (χ2n) is 10.4. The van der Waals surface area contributed by atoms with Crippen LogP contribution < -0.4 is 15.5 Å². The SMILES string of the molecule is CC1(C)O[C@@H](CN(c2ccccc2)c2cccc3ccccc23)[C@H](CP(c2ccccc2)c2ccccc2)O1. The lowest BCUT2D eigenvalue weighted by Crippen LogP contribution is -2.38. The molecule has 0 aliphatic carbocycles. The van der Waals surface area contributed by atoms with Gasteiger partial charge in [-0.25, -0.2) is 0 Å². The summed E-state index contributed by atoms with van der Waals surface area (Å²) in [6.45, 7) is 4.77. The molecule has 0 saturated carbocycles. The summed E-state index contributed by atoms with van der Waals surface area (Å²) in [5.74, 6) is -0.648. The summed E-state index contributed by atoms with van der Waals surface area (Å²) in [6, 6.07) is 47.5. The Balaban J connectivity index is 1.37. The monoisotopic (exact) mass is 531 g/mol. The predicted molar refractivity (Wildman–Crippen MR) is 165 cm³/mol. The Hall–Kier alpha value is -3.49. The smallest absolute Gasteiger partial charge is 0.163 e. The third kappa shape index (κ3) is 5.77. The average Bonchev–Trinajstić information content (AvgIpc) is 3.28. The van der Waals surface area contributed by atoms with Gasteiger partial charge in [0.15, 0.2) is 5.79 Å². The van der Waals surface area contributed by atoms with Crippen LogP contribution in [0, 0.1) is 0 Å². The Bertz CT molecular complexity index is 1460. The van der Waals surface area contributed by atoms with Crippen molar-refractivity contribution in [2.24, 2.45) is 0 Å². The summed E-state index contributed by atoms with van der Waals surface area (Å²) in [6.07, 6.45) is 0.750. The van der Waals surface area contributed by atoms with Crippen molar-refractivity contribution in [2.75, 3.05) is 17.6 Å². The molecule has 1 heterocycles. The minimum absolute atomic E-state index is 0.0484. The van der Waals surface area contributed by atoms with Crippen LogP contribution in [0.1, 0.15) is 13.8 Å². The number of benzene rings is 5. The first-order chi connectivity index (χ1) is 19.1. The van der Waals surface area contributed by atoms with E-state index in [1.54, 1.807) is 0 Å². The lowest BCUT2D eigenvalue weighted by molar-refractivity contribution is -0.143. The number of rotatable bonds is 8. The van der Waals surface area contributed by atoms with Gasteiger partial charge in [0.05, 0.1) is 12.6 Å². The first-order valence-corrected chi connectivity index (χ1v) is 15.1. The molecule has 0 bridgehead atoms. The van der Waals surface area contributed by atoms with E-state index in [0.717, 1.165) is 11.8 Å². The molecule has 0 N–H and O–H groups in total. The maximum atomic E-state index is 6.67. The van der Waals surface area contributed by atoms with Gasteiger partial charge in [0.2, 0.25) is 0 Å². The largest absolute Gasteiger partial charge is 0.344 e. The zero-order chi connectivity index (χ0) is 26.7. The van der Waals surface area contributed by atoms with Crippen molar-refractivity contribution in [1.29, 1.82) is 0 Å². The van der Waals surface area contributed by atoms with Crippen molar-refractivity contribution in [1.82, 2.24) is 0 Å². The summed E-state index contributed by atoms with van der Waals surface area (Å²) >= 11 is 0. The van der Waals surface area contributed by atoms with Crippen LogP contribution in [0.3, 0.4) is 0 Å². The van der Waals surface area contributed by atoms with Crippen molar-refractivity contribution in [2.45, 2.75) is 31.8 Å². The average molecular weight is 532 g/mol. The fraction of sp³-hybridized carbons (Fsp3) is 0.200. The van der Waals surface area contributed by atoms with E-state index < -0.39 is 13.7 Å². The van der Waals surface area contributed by atoms with Crippen LogP contribution in [-0.2, 0) is 9.47 Å². The van der Waals surface area contributed by atoms with E-state index in [-0.39, 0.29) is 12.2 Å². The summed E-state index contributed by atoms with van der Waals surface area (Å²) in [5, 5.41) is 5.18. The van der Waals surface area contributed by atoms with Crippen LogP contribution in [0.4, 0.5) is 11.4 Å². The van der Waals surface area contributed by atoms with Gasteiger partial charge in [-0.1, -0.05) is 115 Å². The Morgan fingerprint density at radius 1 is 0.615 bits per heavy atom. The predicted octanol–water partition coefficient (Wildman–Crippen LogP) is 7.63. The Morgan fingerprint density at radius 3 is 1.82 bits per heavy atom. The van der Waals surface area contributed by atoms with E-state index >= 15 is 0 Å². The topological polar surface area (TPSA) is 21.7 Å². The molecule has 2 atom stereocenters. The minimum atomic E-state index is -0.648. The Morgan fingerprint density at radius 2 is 1.15 bits per heavy atom. The van der Waals surface area contributed by atoms with Crippen molar-refractivity contribution in [3.05, 3.63) is 133 Å². The fourth-order valence-electron chi connectivity index (χ4n) is 5.55. The zero-order valence-corrected chi connectivity index (χ0v) is 23.4. The number of fused-ring (bicyclic) bond motifs is 1. The molecule has 5 aromatic rings. The standard InChI is InChI=1S/C35H34NO2P/c1-35(2)37-33(34(38-35)26-39(29-19-8-4-9-20-29)30-21-10-5-11-22-30)25-36(28-17-6-3-7-18-28)32-24-14-16-27-15-12-13-23-31(27)32/h3-24,33-34H,25-26H2,1-2H3/t33-,34-/m0/s1. The highest BCUT2D eigenvalue weighted by atomic mass is 31.1. The first kappa shape index (κ1) is 25.8. The number of anilines is 2. The molecule has 196 valence electrons. The second kappa shape index (κ2) is 11.3. The highest BCUT2D eigenvalue weighted by molar-refractivity contribution is 7.73. The number of hydrogen-bond acceptors (Lipinski definition) is 3. The third-order valence-electron chi connectivity index (χ3n) is 7.27. The maximum absolute atomic E-state index is 6.67. The van der Waals surface area contributed by atoms with E-state index in [1.807, 2.05) is 13.8 Å². The summed E-state index contributed by atoms with van der Waals surface area (Å²) < 4.78 is 13.3. The van der Waals surface area contributed by atoms with Crippen LogP contribution in [0.5, 0.6) is 0 Å². The lowest BCUT2D eigenvalue weighted by atomic mass is 10.1. The lowest BCUT2D eigenvalue weighted by Gasteiger charge is -2.31. The number of nitrogens with zero attached hydrogens (tertiary/aromatic N) is 1. The molecule has 0 amide bonds. The molecule has 1 saturated heterocycles. The summed E-state index contributed by atoms with van der Waals surface area (Å²) in [5.41, 5.74) is 2.33. The zero-order valence-electron chi connectivity index (χ0n) is 22.5. The molecule has 1 aliphatic heterocycles. The molecule has 5 aromatic carbocycles. The first-order valence-electron chi connectivity index (χ1n) is 13.6. The normalized spacial score (nSPS) is 18.4. The van der Waals surface area contributed by atoms with Gasteiger partial charge in [0, 0.05) is 22.9 Å². The molecule has 0 unspecified atom stereocenters. The third-order valence-corrected chi connectivity index (χ3v) is 9.84. The summed E-state index contributed by atoms with van der Waals surface area (Å²) in [4.78, 5) is 2.40. The molecular weight excluding hydrogens is 497 g/mol. The molecule has 3 nitrogen and oxygen atoms in total. The highest BCUT2D eigenvalue weighted by Crippen LogP contribution is 2.41. The molecule has 1 aliphatic rings. The van der Waals surface area contributed by atoms with Crippen molar-refractivity contribution < 1.29 is 9.47 Å². The van der Waals surface area contributed by atoms with E-state index in [4.69, 9.17) is 9.47 Å². The number of hydrogen-bond donors (Lipinski definition) is 0. The van der Waals surface area contributed by atoms with Crippen LogP contribution in [0.15, 0.2) is 133 Å². The van der Waals surface area contributed by atoms with Crippen LogP contribution in [0.25, 0.3) is 10.8 Å². The highest BCUT2D eigenvalue weighted by Gasteiger charge is 2.43. The van der Waals surface area contributed by atoms with Gasteiger partial charge in [-0.3, -0.25) is 0 Å². The van der Waals surface area contributed by atoms with E-state index in [0.29, 0.717) is 6.54 Å². The fourth-order valence-corrected chi connectivity index (χ4v) is 8.00. The molecule has 0 radical (unpaired) electrons.